The van der Waals surface area contributed by atoms with Gasteiger partial charge >= 0.3 is 5.97 Å². The van der Waals surface area contributed by atoms with Crippen LogP contribution in [0.5, 0.6) is 0 Å². The highest BCUT2D eigenvalue weighted by Gasteiger charge is 2.20. The van der Waals surface area contributed by atoms with Crippen molar-refractivity contribution in [3.63, 3.8) is 0 Å². The van der Waals surface area contributed by atoms with Gasteiger partial charge in [0, 0.05) is 12.8 Å². The van der Waals surface area contributed by atoms with Crippen LogP contribution in [-0.4, -0.2) is 47.4 Å². The molecule has 0 aliphatic rings. The average molecular weight is 1010 g/mol. The number of unbranched alkanes of at least 4 members (excludes halogenated alkanes) is 46. The molecule has 0 spiro atoms. The number of rotatable bonds is 61. The summed E-state index contributed by atoms with van der Waals surface area (Å²) in [6.45, 7) is 4.94. The molecule has 0 saturated carbocycles. The highest BCUT2D eigenvalue weighted by molar-refractivity contribution is 5.76. The van der Waals surface area contributed by atoms with Crippen molar-refractivity contribution in [2.24, 2.45) is 0 Å². The first-order valence-electron chi connectivity index (χ1n) is 32.6. The summed E-state index contributed by atoms with van der Waals surface area (Å²) in [4.78, 5) is 24.5. The van der Waals surface area contributed by atoms with Crippen molar-refractivity contribution in [2.75, 3.05) is 13.2 Å². The van der Waals surface area contributed by atoms with Gasteiger partial charge in [-0.15, -0.1) is 0 Å². The Bertz CT molecular complexity index is 1120. The molecule has 6 heteroatoms. The molecule has 0 rings (SSSR count). The van der Waals surface area contributed by atoms with E-state index in [9.17, 15) is 19.8 Å². The maximum atomic E-state index is 12.4. The van der Waals surface area contributed by atoms with Gasteiger partial charge in [-0.05, 0) is 57.8 Å². The molecule has 2 atom stereocenters. The fourth-order valence-corrected chi connectivity index (χ4v) is 10.3. The lowest BCUT2D eigenvalue weighted by atomic mass is 10.0. The molecule has 3 N–H and O–H groups in total. The van der Waals surface area contributed by atoms with Gasteiger partial charge in [0.25, 0.3) is 0 Å². The number of hydrogen-bond donors (Lipinski definition) is 3. The molecule has 0 aromatic carbocycles. The van der Waals surface area contributed by atoms with E-state index in [1.165, 1.54) is 276 Å². The van der Waals surface area contributed by atoms with Crippen molar-refractivity contribution in [1.29, 1.82) is 0 Å². The SMILES string of the molecule is CCCCC/C=C\C/C=C\CCCCCCCCCCCC(=O)OCCCCCCCCCCCCCCCCCCCCCCCCCCCCC(=O)NC(CO)C(O)CCCCCCCCCCCC. The highest BCUT2D eigenvalue weighted by atomic mass is 16.5. The predicted molar refractivity (Wildman–Crippen MR) is 315 cm³/mol. The van der Waals surface area contributed by atoms with Gasteiger partial charge in [0.1, 0.15) is 0 Å². The predicted octanol–water partition coefficient (Wildman–Crippen LogP) is 20.6. The van der Waals surface area contributed by atoms with Crippen LogP contribution in [-0.2, 0) is 14.3 Å². The summed E-state index contributed by atoms with van der Waals surface area (Å²) in [5.74, 6) is -0.0191. The first kappa shape index (κ1) is 70.3. The van der Waals surface area contributed by atoms with Crippen molar-refractivity contribution < 1.29 is 24.5 Å². The van der Waals surface area contributed by atoms with Gasteiger partial charge in [-0.2, -0.15) is 0 Å². The number of hydrogen-bond acceptors (Lipinski definition) is 5. The van der Waals surface area contributed by atoms with Crippen molar-refractivity contribution in [3.8, 4) is 0 Å². The molecule has 0 fully saturated rings. The van der Waals surface area contributed by atoms with Crippen molar-refractivity contribution >= 4 is 11.9 Å². The molecule has 0 bridgehead atoms. The summed E-state index contributed by atoms with van der Waals surface area (Å²) in [6.07, 6.45) is 76.4. The average Bonchev–Trinajstić information content (AvgIpc) is 3.38. The topological polar surface area (TPSA) is 95.9 Å². The number of esters is 1. The van der Waals surface area contributed by atoms with E-state index in [1.807, 2.05) is 0 Å². The van der Waals surface area contributed by atoms with E-state index in [0.717, 1.165) is 51.4 Å². The number of aliphatic hydroxyl groups is 2. The lowest BCUT2D eigenvalue weighted by Gasteiger charge is -2.22. The zero-order valence-corrected chi connectivity index (χ0v) is 48.7. The third kappa shape index (κ3) is 57.6. The Morgan fingerprint density at radius 1 is 0.389 bits per heavy atom. The zero-order valence-electron chi connectivity index (χ0n) is 48.7. The Morgan fingerprint density at radius 3 is 1.08 bits per heavy atom. The van der Waals surface area contributed by atoms with E-state index in [-0.39, 0.29) is 18.5 Å². The number of ether oxygens (including phenoxy) is 1. The second-order valence-corrected chi connectivity index (χ2v) is 22.5. The van der Waals surface area contributed by atoms with Crippen LogP contribution >= 0.6 is 0 Å². The normalized spacial score (nSPS) is 12.7. The second kappa shape index (κ2) is 61.9. The summed E-state index contributed by atoms with van der Waals surface area (Å²) in [5, 5.41) is 23.2. The fourth-order valence-electron chi connectivity index (χ4n) is 10.3. The molecule has 0 aromatic rings. The molecule has 6 nitrogen and oxygen atoms in total. The van der Waals surface area contributed by atoms with Gasteiger partial charge in [-0.3, -0.25) is 9.59 Å². The quantitative estimate of drug-likeness (QED) is 0.0320. The van der Waals surface area contributed by atoms with Gasteiger partial charge in [0.15, 0.2) is 0 Å². The van der Waals surface area contributed by atoms with Gasteiger partial charge in [0.05, 0.1) is 25.4 Å². The second-order valence-electron chi connectivity index (χ2n) is 22.5. The van der Waals surface area contributed by atoms with Crippen LogP contribution in [0.25, 0.3) is 0 Å². The Kier molecular flexibility index (Phi) is 60.5. The van der Waals surface area contributed by atoms with Crippen molar-refractivity contribution in [3.05, 3.63) is 24.3 Å². The number of nitrogens with one attached hydrogen (secondary N) is 1. The van der Waals surface area contributed by atoms with Gasteiger partial charge in [-0.1, -0.05) is 314 Å². The van der Waals surface area contributed by atoms with E-state index in [2.05, 4.69) is 43.5 Å². The van der Waals surface area contributed by atoms with Crippen LogP contribution in [0.3, 0.4) is 0 Å². The van der Waals surface area contributed by atoms with Gasteiger partial charge in [0.2, 0.25) is 5.91 Å². The lowest BCUT2D eigenvalue weighted by Crippen LogP contribution is -2.45. The largest absolute Gasteiger partial charge is 0.466 e. The van der Waals surface area contributed by atoms with Crippen LogP contribution in [0.4, 0.5) is 0 Å². The number of amides is 1. The fraction of sp³-hybridized carbons (Fsp3) is 0.909. The minimum atomic E-state index is -0.660. The summed E-state index contributed by atoms with van der Waals surface area (Å²) in [7, 11) is 0. The number of carbonyl (C=O) groups is 2. The molecular formula is C66H127NO5. The first-order valence-corrected chi connectivity index (χ1v) is 32.6. The van der Waals surface area contributed by atoms with Crippen LogP contribution in [0, 0.1) is 0 Å². The van der Waals surface area contributed by atoms with Crippen LogP contribution in [0.1, 0.15) is 361 Å². The van der Waals surface area contributed by atoms with Crippen LogP contribution < -0.4 is 5.32 Å². The van der Waals surface area contributed by atoms with Crippen LogP contribution in [0.15, 0.2) is 24.3 Å². The van der Waals surface area contributed by atoms with Crippen LogP contribution in [0.2, 0.25) is 0 Å². The smallest absolute Gasteiger partial charge is 0.305 e. The minimum absolute atomic E-state index is 0.0139. The molecule has 426 valence electrons. The molecule has 0 aliphatic carbocycles. The molecule has 0 aliphatic heterocycles. The lowest BCUT2D eigenvalue weighted by molar-refractivity contribution is -0.143. The molecule has 1 amide bonds. The third-order valence-corrected chi connectivity index (χ3v) is 15.3. The summed E-state index contributed by atoms with van der Waals surface area (Å²) in [6, 6.07) is -0.537. The Labute approximate surface area is 450 Å². The zero-order chi connectivity index (χ0) is 52.2. The molecule has 2 unspecified atom stereocenters. The molecule has 0 aromatic heterocycles. The van der Waals surface area contributed by atoms with Crippen molar-refractivity contribution in [1.82, 2.24) is 5.32 Å². The maximum Gasteiger partial charge on any atom is 0.305 e. The van der Waals surface area contributed by atoms with Gasteiger partial charge < -0.3 is 20.3 Å². The van der Waals surface area contributed by atoms with E-state index < -0.39 is 12.1 Å². The summed E-state index contributed by atoms with van der Waals surface area (Å²) < 4.78 is 5.50. The number of allylic oxidation sites excluding steroid dienone is 4. The summed E-state index contributed by atoms with van der Waals surface area (Å²) >= 11 is 0. The number of aliphatic hydroxyl groups excluding tert-OH is 2. The number of carbonyl (C=O) groups excluding carboxylic acids is 2. The molecule has 0 radical (unpaired) electrons. The first-order chi connectivity index (χ1) is 35.5. The summed E-state index contributed by atoms with van der Waals surface area (Å²) in [5.41, 5.74) is 0. The third-order valence-electron chi connectivity index (χ3n) is 15.3. The Hall–Kier alpha value is -1.66. The minimum Gasteiger partial charge on any atom is -0.466 e. The highest BCUT2D eigenvalue weighted by Crippen LogP contribution is 2.18. The van der Waals surface area contributed by atoms with E-state index in [1.54, 1.807) is 0 Å². The van der Waals surface area contributed by atoms with E-state index in [4.69, 9.17) is 4.74 Å². The standard InChI is InChI=1S/C66H127NO5/c1-3-5-7-9-11-13-15-16-17-18-27-31-34-37-40-44-48-52-56-60-66(71)72-61-57-53-49-45-41-38-35-32-29-26-24-22-20-19-21-23-25-28-30-33-36-39-43-47-51-55-59-65(70)67-63(62-68)64(69)58-54-50-46-42-14-12-10-8-6-4-2/h11,13,16-17,63-64,68-69H,3-10,12,14-15,18-62H2,1-2H3,(H,67,70)/b13-11-,17-16-. The van der Waals surface area contributed by atoms with Crippen molar-refractivity contribution in [2.45, 2.75) is 373 Å². The Balaban J connectivity index is 3.31. The van der Waals surface area contributed by atoms with Gasteiger partial charge in [-0.25, -0.2) is 0 Å². The maximum absolute atomic E-state index is 12.4. The molecule has 0 heterocycles. The molecule has 72 heavy (non-hydrogen) atoms. The molecule has 0 saturated heterocycles. The van der Waals surface area contributed by atoms with E-state index in [0.29, 0.717) is 25.9 Å². The molecular weight excluding hydrogens is 887 g/mol. The van der Waals surface area contributed by atoms with E-state index >= 15 is 0 Å². The Morgan fingerprint density at radius 2 is 0.694 bits per heavy atom. The monoisotopic (exact) mass is 1010 g/mol.